The lowest BCUT2D eigenvalue weighted by Gasteiger charge is -2.24. The number of methoxy groups -OCH3 is 1. The molecule has 1 aliphatic heterocycles. The Morgan fingerprint density at radius 1 is 1.33 bits per heavy atom. The van der Waals surface area contributed by atoms with Crippen molar-refractivity contribution in [3.63, 3.8) is 0 Å². The molecule has 6 heteroatoms. The third-order valence-corrected chi connectivity index (χ3v) is 4.74. The zero-order chi connectivity index (χ0) is 14.8. The largest absolute Gasteiger partial charge is 0.467 e. The van der Waals surface area contributed by atoms with E-state index >= 15 is 0 Å². The van der Waals surface area contributed by atoms with Crippen molar-refractivity contribution < 1.29 is 9.53 Å². The van der Waals surface area contributed by atoms with Crippen molar-refractivity contribution in [3.8, 4) is 6.01 Å². The summed E-state index contributed by atoms with van der Waals surface area (Å²) in [5.41, 5.74) is 1.09. The first-order chi connectivity index (χ1) is 10.2. The molecular formula is C15H22N4O2. The molecule has 21 heavy (non-hydrogen) atoms. The molecule has 1 saturated heterocycles. The van der Waals surface area contributed by atoms with E-state index < -0.39 is 0 Å². The number of nitrogens with one attached hydrogen (secondary N) is 1. The molecule has 1 saturated carbocycles. The summed E-state index contributed by atoms with van der Waals surface area (Å²) in [4.78, 5) is 22.1. The van der Waals surface area contributed by atoms with Gasteiger partial charge in [0.15, 0.2) is 0 Å². The van der Waals surface area contributed by atoms with Crippen molar-refractivity contribution in [1.29, 1.82) is 0 Å². The topological polar surface area (TPSA) is 67.3 Å². The Bertz CT molecular complexity index is 505. The van der Waals surface area contributed by atoms with Gasteiger partial charge in [0, 0.05) is 43.5 Å². The minimum atomic E-state index is 0.211. The second kappa shape index (κ2) is 5.97. The van der Waals surface area contributed by atoms with Gasteiger partial charge in [0.25, 0.3) is 0 Å². The second-order valence-corrected chi connectivity index (χ2v) is 6.15. The number of nitrogens with zero attached hydrogens (tertiary/aromatic N) is 3. The average Bonchev–Trinajstić information content (AvgIpc) is 2.91. The molecule has 1 aliphatic carbocycles. The first-order valence-electron chi connectivity index (χ1n) is 7.47. The summed E-state index contributed by atoms with van der Waals surface area (Å²) in [6.07, 6.45) is 6.61. The van der Waals surface area contributed by atoms with Gasteiger partial charge in [-0.05, 0) is 31.7 Å². The van der Waals surface area contributed by atoms with Crippen LogP contribution in [-0.2, 0) is 11.3 Å². The van der Waals surface area contributed by atoms with E-state index in [2.05, 4.69) is 27.2 Å². The monoisotopic (exact) mass is 290 g/mol. The first-order valence-corrected chi connectivity index (χ1v) is 7.47. The van der Waals surface area contributed by atoms with Gasteiger partial charge in [0.2, 0.25) is 5.91 Å². The molecule has 2 heterocycles. The molecule has 0 radical (unpaired) electrons. The molecule has 0 unspecified atom stereocenters. The number of carbonyl (C=O) groups excluding carboxylic acids is 1. The summed E-state index contributed by atoms with van der Waals surface area (Å²) in [5, 5.41) is 2.98. The van der Waals surface area contributed by atoms with Gasteiger partial charge in [-0.3, -0.25) is 9.69 Å². The van der Waals surface area contributed by atoms with Crippen LogP contribution in [0.3, 0.4) is 0 Å². The Morgan fingerprint density at radius 2 is 2.05 bits per heavy atom. The van der Waals surface area contributed by atoms with Crippen molar-refractivity contribution in [2.75, 3.05) is 20.7 Å². The van der Waals surface area contributed by atoms with E-state index in [1.807, 2.05) is 12.4 Å². The normalized spacial score (nSPS) is 28.3. The number of hydrogen-bond acceptors (Lipinski definition) is 5. The van der Waals surface area contributed by atoms with Gasteiger partial charge in [-0.1, -0.05) is 0 Å². The fourth-order valence-electron chi connectivity index (χ4n) is 3.54. The minimum Gasteiger partial charge on any atom is -0.467 e. The number of hydrogen-bond donors (Lipinski definition) is 1. The second-order valence-electron chi connectivity index (χ2n) is 6.15. The van der Waals surface area contributed by atoms with Crippen molar-refractivity contribution in [3.05, 3.63) is 18.0 Å². The fourth-order valence-corrected chi connectivity index (χ4v) is 3.54. The Hall–Kier alpha value is -1.69. The molecule has 1 amide bonds. The van der Waals surface area contributed by atoms with E-state index in [-0.39, 0.29) is 5.91 Å². The SMILES string of the molecule is COc1ncc(CN(C)[C@H]2C[C@H]3CNC(=O)C[C@H]3C2)cn1. The van der Waals surface area contributed by atoms with Crippen LogP contribution in [0.25, 0.3) is 0 Å². The van der Waals surface area contributed by atoms with Crippen LogP contribution in [0.5, 0.6) is 6.01 Å². The molecule has 1 aromatic rings. The number of rotatable bonds is 4. The molecule has 1 aromatic heterocycles. The zero-order valence-electron chi connectivity index (χ0n) is 12.6. The predicted octanol–water partition coefficient (Wildman–Crippen LogP) is 0.832. The van der Waals surface area contributed by atoms with E-state index in [0.29, 0.717) is 30.3 Å². The molecule has 1 N–H and O–H groups in total. The summed E-state index contributed by atoms with van der Waals surface area (Å²) < 4.78 is 4.97. The van der Waals surface area contributed by atoms with Gasteiger partial charge in [-0.15, -0.1) is 0 Å². The van der Waals surface area contributed by atoms with Crippen LogP contribution in [0.15, 0.2) is 12.4 Å². The lowest BCUT2D eigenvalue weighted by atomic mass is 9.89. The predicted molar refractivity (Wildman–Crippen MR) is 77.7 cm³/mol. The quantitative estimate of drug-likeness (QED) is 0.889. The van der Waals surface area contributed by atoms with Crippen LogP contribution in [0.1, 0.15) is 24.8 Å². The Labute approximate surface area is 124 Å². The van der Waals surface area contributed by atoms with Crippen LogP contribution in [0, 0.1) is 11.8 Å². The van der Waals surface area contributed by atoms with Crippen molar-refractivity contribution in [2.45, 2.75) is 31.8 Å². The van der Waals surface area contributed by atoms with Crippen molar-refractivity contribution in [1.82, 2.24) is 20.2 Å². The third kappa shape index (κ3) is 3.15. The Morgan fingerprint density at radius 3 is 2.76 bits per heavy atom. The zero-order valence-corrected chi connectivity index (χ0v) is 12.6. The maximum absolute atomic E-state index is 11.5. The Balaban J connectivity index is 1.58. The maximum Gasteiger partial charge on any atom is 0.316 e. The van der Waals surface area contributed by atoms with Gasteiger partial charge >= 0.3 is 6.01 Å². The molecule has 0 spiro atoms. The third-order valence-electron chi connectivity index (χ3n) is 4.74. The molecule has 2 aliphatic rings. The van der Waals surface area contributed by atoms with Crippen molar-refractivity contribution >= 4 is 5.91 Å². The summed E-state index contributed by atoms with van der Waals surface area (Å²) in [6.45, 7) is 1.68. The standard InChI is InChI=1S/C15H22N4O2/c1-19(9-10-6-17-15(21-2)18-7-10)13-3-11-5-14(20)16-8-12(11)4-13/h6-7,11-13H,3-5,8-9H2,1-2H3,(H,16,20)/t11-,12+,13-/m1/s1. The molecule has 0 bridgehead atoms. The van der Waals surface area contributed by atoms with Gasteiger partial charge < -0.3 is 10.1 Å². The van der Waals surface area contributed by atoms with Gasteiger partial charge in [-0.25, -0.2) is 9.97 Å². The lowest BCUT2D eigenvalue weighted by Crippen LogP contribution is -2.38. The number of amides is 1. The van der Waals surface area contributed by atoms with Gasteiger partial charge in [0.05, 0.1) is 7.11 Å². The molecule has 6 nitrogen and oxygen atoms in total. The summed E-state index contributed by atoms with van der Waals surface area (Å²) in [7, 11) is 3.71. The van der Waals surface area contributed by atoms with Crippen LogP contribution in [-0.4, -0.2) is 47.5 Å². The van der Waals surface area contributed by atoms with Crippen LogP contribution in [0.4, 0.5) is 0 Å². The molecular weight excluding hydrogens is 268 g/mol. The summed E-state index contributed by atoms with van der Waals surface area (Å²) in [5.74, 6) is 1.41. The smallest absolute Gasteiger partial charge is 0.316 e. The summed E-state index contributed by atoms with van der Waals surface area (Å²) >= 11 is 0. The van der Waals surface area contributed by atoms with E-state index in [1.165, 1.54) is 6.42 Å². The first kappa shape index (κ1) is 14.3. The highest BCUT2D eigenvalue weighted by molar-refractivity contribution is 5.77. The van der Waals surface area contributed by atoms with Gasteiger partial charge in [0.1, 0.15) is 0 Å². The van der Waals surface area contributed by atoms with Crippen LogP contribution in [0.2, 0.25) is 0 Å². The average molecular weight is 290 g/mol. The number of ether oxygens (including phenoxy) is 1. The fraction of sp³-hybridized carbons (Fsp3) is 0.667. The molecule has 3 rings (SSSR count). The van der Waals surface area contributed by atoms with Crippen molar-refractivity contribution in [2.24, 2.45) is 11.8 Å². The molecule has 0 aromatic carbocycles. The minimum absolute atomic E-state index is 0.211. The highest BCUT2D eigenvalue weighted by atomic mass is 16.5. The number of aromatic nitrogens is 2. The van der Waals surface area contributed by atoms with Gasteiger partial charge in [-0.2, -0.15) is 0 Å². The number of carbonyl (C=O) groups is 1. The van der Waals surface area contributed by atoms with E-state index in [9.17, 15) is 4.79 Å². The molecule has 3 atom stereocenters. The molecule has 114 valence electrons. The lowest BCUT2D eigenvalue weighted by molar-refractivity contribution is -0.124. The van der Waals surface area contributed by atoms with Crippen LogP contribution < -0.4 is 10.1 Å². The molecule has 2 fully saturated rings. The summed E-state index contributed by atoms with van der Waals surface area (Å²) in [6, 6.07) is 0.938. The van der Waals surface area contributed by atoms with E-state index in [0.717, 1.165) is 25.1 Å². The highest BCUT2D eigenvalue weighted by Gasteiger charge is 2.39. The Kier molecular flexibility index (Phi) is 4.05. The van der Waals surface area contributed by atoms with Crippen LogP contribution >= 0.6 is 0 Å². The number of fused-ring (bicyclic) bond motifs is 1. The highest BCUT2D eigenvalue weighted by Crippen LogP contribution is 2.38. The van der Waals surface area contributed by atoms with E-state index in [1.54, 1.807) is 7.11 Å². The number of piperidine rings is 1. The maximum atomic E-state index is 11.5. The van der Waals surface area contributed by atoms with E-state index in [4.69, 9.17) is 4.74 Å².